The van der Waals surface area contributed by atoms with Gasteiger partial charge in [0.1, 0.15) is 5.82 Å². The Balaban J connectivity index is 2.14. The highest BCUT2D eigenvalue weighted by atomic mass is 16.1. The Morgan fingerprint density at radius 1 is 1.41 bits per heavy atom. The number of hydrogen-bond acceptors (Lipinski definition) is 4. The van der Waals surface area contributed by atoms with Crippen molar-refractivity contribution in [2.75, 3.05) is 31.6 Å². The molecule has 2 heterocycles. The Labute approximate surface area is 102 Å². The molecule has 2 rings (SSSR count). The van der Waals surface area contributed by atoms with Crippen LogP contribution in [-0.2, 0) is 0 Å². The lowest BCUT2D eigenvalue weighted by Crippen LogP contribution is -2.50. The Kier molecular flexibility index (Phi) is 3.43. The summed E-state index contributed by atoms with van der Waals surface area (Å²) in [7, 11) is 2.14. The van der Waals surface area contributed by atoms with Crippen molar-refractivity contribution in [3.05, 3.63) is 23.9 Å². The minimum Gasteiger partial charge on any atom is -0.351 e. The Bertz CT molecular complexity index is 402. The zero-order valence-electron chi connectivity index (χ0n) is 10.7. The number of carbonyl (C=O) groups excluding carboxylic acids is 1. The number of nitrogens with zero attached hydrogens (tertiary/aromatic N) is 3. The Morgan fingerprint density at radius 2 is 2.18 bits per heavy atom. The van der Waals surface area contributed by atoms with E-state index in [0.717, 1.165) is 25.5 Å². The lowest BCUT2D eigenvalue weighted by Gasteiger charge is -2.39. The fourth-order valence-electron chi connectivity index (χ4n) is 2.24. The molecule has 1 aromatic rings. The molecular formula is C13H19N3O. The van der Waals surface area contributed by atoms with Crippen LogP contribution >= 0.6 is 0 Å². The molecule has 4 nitrogen and oxygen atoms in total. The monoisotopic (exact) mass is 233 g/mol. The molecule has 0 bridgehead atoms. The van der Waals surface area contributed by atoms with E-state index in [1.54, 1.807) is 13.1 Å². The van der Waals surface area contributed by atoms with Gasteiger partial charge in [-0.05, 0) is 33.0 Å². The third-order valence-electron chi connectivity index (χ3n) is 3.28. The van der Waals surface area contributed by atoms with E-state index < -0.39 is 0 Å². The number of rotatable bonds is 2. The zero-order chi connectivity index (χ0) is 12.4. The highest BCUT2D eigenvalue weighted by molar-refractivity contribution is 5.93. The van der Waals surface area contributed by atoms with Gasteiger partial charge < -0.3 is 9.80 Å². The van der Waals surface area contributed by atoms with Gasteiger partial charge in [-0.15, -0.1) is 0 Å². The van der Waals surface area contributed by atoms with Crippen molar-refractivity contribution in [3.63, 3.8) is 0 Å². The molecule has 1 aromatic heterocycles. The van der Waals surface area contributed by atoms with Gasteiger partial charge in [-0.2, -0.15) is 0 Å². The van der Waals surface area contributed by atoms with E-state index >= 15 is 0 Å². The number of carbonyl (C=O) groups is 1. The third kappa shape index (κ3) is 2.64. The number of anilines is 1. The third-order valence-corrected chi connectivity index (χ3v) is 3.28. The van der Waals surface area contributed by atoms with E-state index in [1.807, 2.05) is 12.1 Å². The first kappa shape index (κ1) is 12.0. The maximum Gasteiger partial charge on any atom is 0.161 e. The van der Waals surface area contributed by atoms with Gasteiger partial charge in [-0.1, -0.05) is 0 Å². The fraction of sp³-hybridized carbons (Fsp3) is 0.538. The molecule has 1 atom stereocenters. The summed E-state index contributed by atoms with van der Waals surface area (Å²) in [6, 6.07) is 4.26. The van der Waals surface area contributed by atoms with Gasteiger partial charge in [0.15, 0.2) is 5.78 Å². The van der Waals surface area contributed by atoms with Gasteiger partial charge in [-0.25, -0.2) is 4.98 Å². The minimum absolute atomic E-state index is 0.0653. The summed E-state index contributed by atoms with van der Waals surface area (Å²) < 4.78 is 0. The van der Waals surface area contributed by atoms with Crippen molar-refractivity contribution in [1.29, 1.82) is 0 Å². The SMILES string of the molecule is CC(=O)c1ccc(N2CCN(C)CC2C)nc1. The molecule has 1 fully saturated rings. The number of likely N-dealkylation sites (N-methyl/N-ethyl adjacent to an activating group) is 1. The van der Waals surface area contributed by atoms with Gasteiger partial charge in [0.2, 0.25) is 0 Å². The van der Waals surface area contributed by atoms with Crippen molar-refractivity contribution < 1.29 is 4.79 Å². The second kappa shape index (κ2) is 4.84. The van der Waals surface area contributed by atoms with E-state index in [1.165, 1.54) is 0 Å². The topological polar surface area (TPSA) is 36.4 Å². The van der Waals surface area contributed by atoms with Crippen molar-refractivity contribution in [2.24, 2.45) is 0 Å². The number of aromatic nitrogens is 1. The summed E-state index contributed by atoms with van der Waals surface area (Å²) in [5.74, 6) is 1.03. The summed E-state index contributed by atoms with van der Waals surface area (Å²) in [5, 5.41) is 0. The van der Waals surface area contributed by atoms with Crippen LogP contribution in [0.3, 0.4) is 0 Å². The number of piperazine rings is 1. The fourth-order valence-corrected chi connectivity index (χ4v) is 2.24. The van der Waals surface area contributed by atoms with Crippen LogP contribution < -0.4 is 4.90 Å². The van der Waals surface area contributed by atoms with Crippen LogP contribution in [-0.4, -0.2) is 48.4 Å². The summed E-state index contributed by atoms with van der Waals surface area (Å²) in [6.07, 6.45) is 1.67. The molecule has 0 aliphatic carbocycles. The maximum atomic E-state index is 11.2. The molecule has 0 saturated carbocycles. The molecule has 92 valence electrons. The summed E-state index contributed by atoms with van der Waals surface area (Å²) in [4.78, 5) is 20.2. The smallest absolute Gasteiger partial charge is 0.161 e. The van der Waals surface area contributed by atoms with E-state index in [4.69, 9.17) is 0 Å². The average Bonchev–Trinajstić information content (AvgIpc) is 2.29. The summed E-state index contributed by atoms with van der Waals surface area (Å²) in [5.41, 5.74) is 0.676. The molecule has 1 unspecified atom stereocenters. The van der Waals surface area contributed by atoms with Gasteiger partial charge in [0, 0.05) is 37.4 Å². The molecule has 0 spiro atoms. The van der Waals surface area contributed by atoms with Gasteiger partial charge >= 0.3 is 0 Å². The standard InChI is InChI=1S/C13H19N3O/c1-10-9-15(3)6-7-16(10)13-5-4-12(8-14-13)11(2)17/h4-5,8,10H,6-7,9H2,1-3H3. The first-order valence-electron chi connectivity index (χ1n) is 6.00. The van der Waals surface area contributed by atoms with Crippen molar-refractivity contribution in [3.8, 4) is 0 Å². The Morgan fingerprint density at radius 3 is 2.71 bits per heavy atom. The van der Waals surface area contributed by atoms with Crippen LogP contribution in [0.4, 0.5) is 5.82 Å². The molecule has 1 aliphatic heterocycles. The molecular weight excluding hydrogens is 214 g/mol. The number of Topliss-reactive ketones (excluding diaryl/α,β-unsaturated/α-hetero) is 1. The maximum absolute atomic E-state index is 11.2. The van der Waals surface area contributed by atoms with Crippen LogP contribution in [0.1, 0.15) is 24.2 Å². The predicted molar refractivity (Wildman–Crippen MR) is 68.5 cm³/mol. The van der Waals surface area contributed by atoms with Crippen LogP contribution in [0.2, 0.25) is 0 Å². The van der Waals surface area contributed by atoms with Crippen LogP contribution in [0.25, 0.3) is 0 Å². The van der Waals surface area contributed by atoms with Gasteiger partial charge in [0.05, 0.1) is 0 Å². The average molecular weight is 233 g/mol. The van der Waals surface area contributed by atoms with E-state index in [9.17, 15) is 4.79 Å². The summed E-state index contributed by atoms with van der Waals surface area (Å²) >= 11 is 0. The van der Waals surface area contributed by atoms with Crippen LogP contribution in [0.5, 0.6) is 0 Å². The number of pyridine rings is 1. The van der Waals surface area contributed by atoms with E-state index in [-0.39, 0.29) is 5.78 Å². The van der Waals surface area contributed by atoms with Gasteiger partial charge in [-0.3, -0.25) is 4.79 Å². The number of hydrogen-bond donors (Lipinski definition) is 0. The van der Waals surface area contributed by atoms with Crippen LogP contribution in [0.15, 0.2) is 18.3 Å². The van der Waals surface area contributed by atoms with Gasteiger partial charge in [0.25, 0.3) is 0 Å². The lowest BCUT2D eigenvalue weighted by molar-refractivity contribution is 0.101. The first-order chi connectivity index (χ1) is 8.08. The predicted octanol–water partition coefficient (Wildman–Crippen LogP) is 1.42. The molecule has 0 N–H and O–H groups in total. The highest BCUT2D eigenvalue weighted by Crippen LogP contribution is 2.17. The second-order valence-corrected chi connectivity index (χ2v) is 4.77. The van der Waals surface area contributed by atoms with Crippen molar-refractivity contribution >= 4 is 11.6 Å². The quantitative estimate of drug-likeness (QED) is 0.724. The molecule has 0 amide bonds. The molecule has 1 aliphatic rings. The van der Waals surface area contributed by atoms with E-state index in [2.05, 4.69) is 28.8 Å². The lowest BCUT2D eigenvalue weighted by atomic mass is 10.1. The summed E-state index contributed by atoms with van der Waals surface area (Å²) in [6.45, 7) is 6.87. The zero-order valence-corrected chi connectivity index (χ0v) is 10.7. The second-order valence-electron chi connectivity index (χ2n) is 4.77. The molecule has 0 aromatic carbocycles. The minimum atomic E-state index is 0.0653. The molecule has 17 heavy (non-hydrogen) atoms. The van der Waals surface area contributed by atoms with Crippen molar-refractivity contribution in [2.45, 2.75) is 19.9 Å². The van der Waals surface area contributed by atoms with Crippen LogP contribution in [0, 0.1) is 0 Å². The highest BCUT2D eigenvalue weighted by Gasteiger charge is 2.22. The van der Waals surface area contributed by atoms with Crippen molar-refractivity contribution in [1.82, 2.24) is 9.88 Å². The number of ketones is 1. The Hall–Kier alpha value is -1.42. The molecule has 1 saturated heterocycles. The normalized spacial score (nSPS) is 21.6. The molecule has 4 heteroatoms. The largest absolute Gasteiger partial charge is 0.351 e. The van der Waals surface area contributed by atoms with E-state index in [0.29, 0.717) is 11.6 Å². The first-order valence-corrected chi connectivity index (χ1v) is 6.00. The molecule has 0 radical (unpaired) electrons.